The number of aryl methyl sites for hydroxylation is 1. The van der Waals surface area contributed by atoms with Crippen molar-refractivity contribution in [3.8, 4) is 0 Å². The fourth-order valence-corrected chi connectivity index (χ4v) is 2.57. The second-order valence-corrected chi connectivity index (χ2v) is 5.13. The molecule has 0 saturated carbocycles. The minimum atomic E-state index is -0.104. The Bertz CT molecular complexity index is 503. The van der Waals surface area contributed by atoms with Crippen LogP contribution in [0, 0.1) is 5.92 Å². The molecule has 2 rings (SSSR count). The average molecular weight is 293 g/mol. The molecule has 0 radical (unpaired) electrons. The van der Waals surface area contributed by atoms with Crippen molar-refractivity contribution in [2.45, 2.75) is 19.4 Å². The Hall–Kier alpha value is -2.05. The van der Waals surface area contributed by atoms with Crippen LogP contribution < -0.4 is 5.32 Å². The van der Waals surface area contributed by atoms with Crippen molar-refractivity contribution >= 4 is 11.9 Å². The zero-order valence-corrected chi connectivity index (χ0v) is 12.9. The summed E-state index contributed by atoms with van der Waals surface area (Å²) in [7, 11) is 5.14. The number of ether oxygens (including phenoxy) is 1. The number of hydrogen-bond acceptors (Lipinski definition) is 4. The second kappa shape index (κ2) is 7.10. The van der Waals surface area contributed by atoms with Crippen LogP contribution in [0.1, 0.15) is 18.5 Å². The number of likely N-dealkylation sites (tertiary alicyclic amines) is 1. The Morgan fingerprint density at radius 1 is 1.52 bits per heavy atom. The lowest BCUT2D eigenvalue weighted by Gasteiger charge is -2.33. The highest BCUT2D eigenvalue weighted by molar-refractivity contribution is 5.80. The lowest BCUT2D eigenvalue weighted by molar-refractivity contribution is -0.146. The summed E-state index contributed by atoms with van der Waals surface area (Å²) in [6.07, 6.45) is 3.39. The van der Waals surface area contributed by atoms with E-state index in [1.165, 1.54) is 7.11 Å². The number of aliphatic imine (C=N–C) groups is 1. The molecular formula is C14H23N5O2. The third kappa shape index (κ3) is 3.74. The highest BCUT2D eigenvalue weighted by Crippen LogP contribution is 2.18. The predicted octanol–water partition coefficient (Wildman–Crippen LogP) is 0.380. The van der Waals surface area contributed by atoms with Crippen molar-refractivity contribution in [1.82, 2.24) is 20.0 Å². The van der Waals surface area contributed by atoms with Gasteiger partial charge < -0.3 is 15.0 Å². The molecule has 0 bridgehead atoms. The standard InChI is InChI=1S/C14H23N5O2/c1-15-14(16-10-12-4-7-17-18(12)2)19-8-5-11(6-9-19)13(20)21-3/h4,7,11H,5-6,8-10H2,1-3H3,(H,15,16). The van der Waals surface area contributed by atoms with Gasteiger partial charge in [-0.05, 0) is 18.9 Å². The molecule has 7 heteroatoms. The zero-order valence-electron chi connectivity index (χ0n) is 12.9. The molecule has 1 fully saturated rings. The summed E-state index contributed by atoms with van der Waals surface area (Å²) >= 11 is 0. The van der Waals surface area contributed by atoms with Crippen molar-refractivity contribution in [1.29, 1.82) is 0 Å². The van der Waals surface area contributed by atoms with E-state index in [9.17, 15) is 4.79 Å². The van der Waals surface area contributed by atoms with Gasteiger partial charge >= 0.3 is 5.97 Å². The van der Waals surface area contributed by atoms with E-state index >= 15 is 0 Å². The van der Waals surface area contributed by atoms with Crippen LogP contribution >= 0.6 is 0 Å². The van der Waals surface area contributed by atoms with Gasteiger partial charge in [0.05, 0.1) is 25.3 Å². The molecule has 1 aromatic rings. The van der Waals surface area contributed by atoms with Crippen LogP contribution in [-0.4, -0.2) is 53.9 Å². The van der Waals surface area contributed by atoms with Crippen LogP contribution in [0.15, 0.2) is 17.3 Å². The molecular weight excluding hydrogens is 270 g/mol. The van der Waals surface area contributed by atoms with E-state index in [2.05, 4.69) is 20.3 Å². The number of nitrogens with one attached hydrogen (secondary N) is 1. The number of methoxy groups -OCH3 is 1. The first-order valence-electron chi connectivity index (χ1n) is 7.16. The number of carbonyl (C=O) groups excluding carboxylic acids is 1. The smallest absolute Gasteiger partial charge is 0.308 e. The molecule has 2 heterocycles. The van der Waals surface area contributed by atoms with E-state index in [4.69, 9.17) is 4.74 Å². The second-order valence-electron chi connectivity index (χ2n) is 5.13. The number of aromatic nitrogens is 2. The van der Waals surface area contributed by atoms with Crippen LogP contribution in [0.25, 0.3) is 0 Å². The molecule has 0 unspecified atom stereocenters. The Kier molecular flexibility index (Phi) is 5.19. The number of hydrogen-bond donors (Lipinski definition) is 1. The zero-order chi connectivity index (χ0) is 15.2. The molecule has 0 spiro atoms. The summed E-state index contributed by atoms with van der Waals surface area (Å²) in [6.45, 7) is 2.30. The molecule has 0 atom stereocenters. The van der Waals surface area contributed by atoms with Crippen LogP contribution in [0.3, 0.4) is 0 Å². The number of nitrogens with zero attached hydrogens (tertiary/aromatic N) is 4. The summed E-state index contributed by atoms with van der Waals surface area (Å²) in [5.41, 5.74) is 1.10. The SMILES string of the molecule is CN=C(NCc1ccnn1C)N1CCC(C(=O)OC)CC1. The maximum atomic E-state index is 11.5. The Balaban J connectivity index is 1.86. The number of esters is 1. The van der Waals surface area contributed by atoms with Gasteiger partial charge in [0, 0.05) is 33.4 Å². The molecule has 1 aromatic heterocycles. The number of carbonyl (C=O) groups is 1. The van der Waals surface area contributed by atoms with Gasteiger partial charge in [-0.15, -0.1) is 0 Å². The van der Waals surface area contributed by atoms with Crippen molar-refractivity contribution in [3.63, 3.8) is 0 Å². The molecule has 116 valence electrons. The summed E-state index contributed by atoms with van der Waals surface area (Å²) in [6, 6.07) is 1.98. The largest absolute Gasteiger partial charge is 0.469 e. The maximum Gasteiger partial charge on any atom is 0.308 e. The lowest BCUT2D eigenvalue weighted by atomic mass is 9.97. The molecule has 1 N–H and O–H groups in total. The average Bonchev–Trinajstić information content (AvgIpc) is 2.93. The minimum absolute atomic E-state index is 0.0152. The van der Waals surface area contributed by atoms with E-state index in [0.717, 1.165) is 37.6 Å². The van der Waals surface area contributed by atoms with Gasteiger partial charge in [0.25, 0.3) is 0 Å². The Morgan fingerprint density at radius 2 is 2.24 bits per heavy atom. The minimum Gasteiger partial charge on any atom is -0.469 e. The topological polar surface area (TPSA) is 71.8 Å². The Morgan fingerprint density at radius 3 is 2.76 bits per heavy atom. The first-order valence-corrected chi connectivity index (χ1v) is 7.16. The van der Waals surface area contributed by atoms with Gasteiger partial charge in [0.2, 0.25) is 0 Å². The van der Waals surface area contributed by atoms with E-state index < -0.39 is 0 Å². The number of rotatable bonds is 3. The highest BCUT2D eigenvalue weighted by atomic mass is 16.5. The normalized spacial score (nSPS) is 16.9. The van der Waals surface area contributed by atoms with Crippen molar-refractivity contribution in [2.24, 2.45) is 18.0 Å². The molecule has 1 aliphatic heterocycles. The first kappa shape index (κ1) is 15.3. The van der Waals surface area contributed by atoms with Crippen LogP contribution in [0.2, 0.25) is 0 Å². The van der Waals surface area contributed by atoms with Crippen molar-refractivity contribution in [3.05, 3.63) is 18.0 Å². The molecule has 1 saturated heterocycles. The van der Waals surface area contributed by atoms with Gasteiger partial charge in [0.1, 0.15) is 0 Å². The molecule has 0 aromatic carbocycles. The van der Waals surface area contributed by atoms with Crippen molar-refractivity contribution in [2.75, 3.05) is 27.2 Å². The molecule has 21 heavy (non-hydrogen) atoms. The highest BCUT2D eigenvalue weighted by Gasteiger charge is 2.26. The van der Waals surface area contributed by atoms with Gasteiger partial charge in [-0.3, -0.25) is 14.5 Å². The quantitative estimate of drug-likeness (QED) is 0.495. The fourth-order valence-electron chi connectivity index (χ4n) is 2.57. The summed E-state index contributed by atoms with van der Waals surface area (Å²) in [5.74, 6) is 0.772. The van der Waals surface area contributed by atoms with E-state index in [0.29, 0.717) is 6.54 Å². The van der Waals surface area contributed by atoms with Crippen LogP contribution in [-0.2, 0) is 23.1 Å². The first-order chi connectivity index (χ1) is 10.2. The van der Waals surface area contributed by atoms with Gasteiger partial charge in [0.15, 0.2) is 5.96 Å². The summed E-state index contributed by atoms with van der Waals surface area (Å²) in [5, 5.41) is 7.48. The molecule has 1 aliphatic rings. The molecule has 0 amide bonds. The third-order valence-corrected chi connectivity index (χ3v) is 3.89. The number of guanidine groups is 1. The predicted molar refractivity (Wildman–Crippen MR) is 79.7 cm³/mol. The monoisotopic (exact) mass is 293 g/mol. The van der Waals surface area contributed by atoms with Gasteiger partial charge in [-0.2, -0.15) is 5.10 Å². The van der Waals surface area contributed by atoms with E-state index in [1.807, 2.05) is 17.8 Å². The lowest BCUT2D eigenvalue weighted by Crippen LogP contribution is -2.46. The summed E-state index contributed by atoms with van der Waals surface area (Å²) < 4.78 is 6.65. The van der Waals surface area contributed by atoms with Crippen molar-refractivity contribution < 1.29 is 9.53 Å². The molecule has 0 aliphatic carbocycles. The van der Waals surface area contributed by atoms with Crippen LogP contribution in [0.5, 0.6) is 0 Å². The maximum absolute atomic E-state index is 11.5. The molecule has 7 nitrogen and oxygen atoms in total. The fraction of sp³-hybridized carbons (Fsp3) is 0.643. The third-order valence-electron chi connectivity index (χ3n) is 3.89. The van der Waals surface area contributed by atoms with E-state index in [-0.39, 0.29) is 11.9 Å². The van der Waals surface area contributed by atoms with Gasteiger partial charge in [-0.25, -0.2) is 0 Å². The Labute approximate surface area is 125 Å². The van der Waals surface area contributed by atoms with Crippen LogP contribution in [0.4, 0.5) is 0 Å². The number of piperidine rings is 1. The summed E-state index contributed by atoms with van der Waals surface area (Å²) in [4.78, 5) is 18.0. The van der Waals surface area contributed by atoms with Gasteiger partial charge in [-0.1, -0.05) is 0 Å². The van der Waals surface area contributed by atoms with E-state index in [1.54, 1.807) is 13.2 Å².